The van der Waals surface area contributed by atoms with Gasteiger partial charge in [-0.15, -0.1) is 0 Å². The van der Waals surface area contributed by atoms with Crippen molar-refractivity contribution in [3.8, 4) is 11.5 Å². The minimum Gasteiger partial charge on any atom is -0.508 e. The monoisotopic (exact) mass is 368 g/mol. The first-order chi connectivity index (χ1) is 12.1. The summed E-state index contributed by atoms with van der Waals surface area (Å²) in [5.74, 6) is 0.615. The van der Waals surface area contributed by atoms with E-state index in [1.54, 1.807) is 6.07 Å². The molecule has 2 N–H and O–H groups in total. The third-order valence-electron chi connectivity index (χ3n) is 5.10. The summed E-state index contributed by atoms with van der Waals surface area (Å²) in [5, 5.41) is 20.4. The van der Waals surface area contributed by atoms with E-state index in [4.69, 9.17) is 11.6 Å². The maximum absolute atomic E-state index is 10.3. The molecule has 144 valence electrons. The third kappa shape index (κ3) is 8.85. The zero-order valence-corrected chi connectivity index (χ0v) is 17.0. The van der Waals surface area contributed by atoms with E-state index < -0.39 is 0 Å². The van der Waals surface area contributed by atoms with Gasteiger partial charge in [-0.2, -0.15) is 0 Å². The molecule has 0 aromatic heterocycles. The first-order valence-electron chi connectivity index (χ1n) is 10.3. The van der Waals surface area contributed by atoms with Crippen molar-refractivity contribution in [2.24, 2.45) is 0 Å². The van der Waals surface area contributed by atoms with Gasteiger partial charge in [0.05, 0.1) is 5.02 Å². The Labute approximate surface area is 159 Å². The predicted molar refractivity (Wildman–Crippen MR) is 109 cm³/mol. The molecule has 0 radical (unpaired) electrons. The van der Waals surface area contributed by atoms with Crippen molar-refractivity contribution in [2.75, 3.05) is 0 Å². The maximum atomic E-state index is 10.3. The van der Waals surface area contributed by atoms with Crippen molar-refractivity contribution in [2.45, 2.75) is 103 Å². The maximum Gasteiger partial charge on any atom is 0.134 e. The SMILES string of the molecule is CCCCCCCCCCC(CCCCC)c1cc(O)c(Cl)cc1O. The quantitative estimate of drug-likeness (QED) is 0.258. The van der Waals surface area contributed by atoms with Gasteiger partial charge < -0.3 is 10.2 Å². The highest BCUT2D eigenvalue weighted by atomic mass is 35.5. The highest BCUT2D eigenvalue weighted by Gasteiger charge is 2.17. The van der Waals surface area contributed by atoms with Gasteiger partial charge in [0.2, 0.25) is 0 Å². The number of rotatable bonds is 14. The fourth-order valence-corrected chi connectivity index (χ4v) is 3.67. The van der Waals surface area contributed by atoms with Crippen LogP contribution in [0.15, 0.2) is 12.1 Å². The number of aromatic hydroxyl groups is 2. The van der Waals surface area contributed by atoms with Gasteiger partial charge in [-0.25, -0.2) is 0 Å². The molecule has 1 aromatic rings. The Hall–Kier alpha value is -0.890. The van der Waals surface area contributed by atoms with Crippen molar-refractivity contribution in [3.05, 3.63) is 22.7 Å². The number of phenolic OH excluding ortho intramolecular Hbond substituents is 2. The molecule has 0 spiro atoms. The topological polar surface area (TPSA) is 40.5 Å². The summed E-state index contributed by atoms with van der Waals surface area (Å²) in [5.41, 5.74) is 0.862. The molecule has 0 heterocycles. The van der Waals surface area contributed by atoms with E-state index in [-0.39, 0.29) is 16.5 Å². The van der Waals surface area contributed by atoms with E-state index in [2.05, 4.69) is 13.8 Å². The summed E-state index contributed by atoms with van der Waals surface area (Å²) in [6.07, 6.45) is 16.2. The van der Waals surface area contributed by atoms with E-state index in [0.717, 1.165) is 18.4 Å². The van der Waals surface area contributed by atoms with E-state index >= 15 is 0 Å². The van der Waals surface area contributed by atoms with E-state index in [0.29, 0.717) is 5.92 Å². The van der Waals surface area contributed by atoms with Crippen LogP contribution >= 0.6 is 11.6 Å². The smallest absolute Gasteiger partial charge is 0.134 e. The Morgan fingerprint density at radius 2 is 1.20 bits per heavy atom. The summed E-state index contributed by atoms with van der Waals surface area (Å²) in [6, 6.07) is 3.14. The molecule has 2 nitrogen and oxygen atoms in total. The second-order valence-corrected chi connectivity index (χ2v) is 7.73. The minimum atomic E-state index is 0.0749. The van der Waals surface area contributed by atoms with Gasteiger partial charge in [0.25, 0.3) is 0 Å². The van der Waals surface area contributed by atoms with E-state index in [1.165, 1.54) is 76.7 Å². The molecule has 25 heavy (non-hydrogen) atoms. The van der Waals surface area contributed by atoms with Gasteiger partial charge in [-0.05, 0) is 24.8 Å². The molecule has 1 aromatic carbocycles. The average Bonchev–Trinajstić information content (AvgIpc) is 2.59. The van der Waals surface area contributed by atoms with Crippen molar-refractivity contribution >= 4 is 11.6 Å². The lowest BCUT2D eigenvalue weighted by atomic mass is 9.87. The Morgan fingerprint density at radius 3 is 1.80 bits per heavy atom. The largest absolute Gasteiger partial charge is 0.508 e. The zero-order valence-electron chi connectivity index (χ0n) is 16.2. The number of hydrogen-bond acceptors (Lipinski definition) is 2. The summed E-state index contributed by atoms with van der Waals surface area (Å²) in [4.78, 5) is 0. The molecule has 0 aliphatic rings. The lowest BCUT2D eigenvalue weighted by Crippen LogP contribution is -2.01. The van der Waals surface area contributed by atoms with Crippen LogP contribution in [-0.4, -0.2) is 10.2 Å². The normalized spacial score (nSPS) is 12.4. The Morgan fingerprint density at radius 1 is 0.720 bits per heavy atom. The summed E-state index contributed by atoms with van der Waals surface area (Å²) < 4.78 is 0. The number of phenols is 2. The number of hydrogen-bond donors (Lipinski definition) is 2. The molecular weight excluding hydrogens is 332 g/mol. The number of unbranched alkanes of at least 4 members (excludes halogenated alkanes) is 9. The molecule has 1 atom stereocenters. The van der Waals surface area contributed by atoms with Crippen molar-refractivity contribution < 1.29 is 10.2 Å². The molecule has 1 rings (SSSR count). The van der Waals surface area contributed by atoms with Gasteiger partial charge in [-0.3, -0.25) is 0 Å². The summed E-state index contributed by atoms with van der Waals surface area (Å²) >= 11 is 5.91. The zero-order chi connectivity index (χ0) is 18.5. The van der Waals surface area contributed by atoms with E-state index in [1.807, 2.05) is 0 Å². The second-order valence-electron chi connectivity index (χ2n) is 7.32. The Bertz CT molecular complexity index is 473. The van der Waals surface area contributed by atoms with Gasteiger partial charge in [0, 0.05) is 11.6 Å². The van der Waals surface area contributed by atoms with Crippen LogP contribution in [0.2, 0.25) is 5.02 Å². The first kappa shape index (κ1) is 22.2. The Balaban J connectivity index is 2.49. The number of halogens is 1. The molecule has 1 unspecified atom stereocenters. The molecule has 0 aliphatic heterocycles. The van der Waals surface area contributed by atoms with Crippen molar-refractivity contribution in [1.82, 2.24) is 0 Å². The van der Waals surface area contributed by atoms with Gasteiger partial charge in [-0.1, -0.05) is 96.1 Å². The highest BCUT2D eigenvalue weighted by Crippen LogP contribution is 2.39. The first-order valence-corrected chi connectivity index (χ1v) is 10.7. The van der Waals surface area contributed by atoms with Crippen LogP contribution in [0.25, 0.3) is 0 Å². The molecule has 0 saturated carbocycles. The predicted octanol–water partition coefficient (Wildman–Crippen LogP) is 7.95. The standard InChI is InChI=1S/C22H37ClO2/c1-3-5-7-8-9-10-11-13-15-18(14-12-6-4-2)19-16-22(25)20(23)17-21(19)24/h16-18,24-25H,3-15H2,1-2H3. The lowest BCUT2D eigenvalue weighted by molar-refractivity contribution is 0.431. The average molecular weight is 369 g/mol. The molecule has 0 aliphatic carbocycles. The molecular formula is C22H37ClO2. The van der Waals surface area contributed by atoms with Crippen LogP contribution in [-0.2, 0) is 0 Å². The molecule has 0 bridgehead atoms. The van der Waals surface area contributed by atoms with Crippen LogP contribution in [0.5, 0.6) is 11.5 Å². The molecule has 3 heteroatoms. The van der Waals surface area contributed by atoms with Crippen molar-refractivity contribution in [3.63, 3.8) is 0 Å². The van der Waals surface area contributed by atoms with Crippen LogP contribution in [0.1, 0.15) is 109 Å². The molecule has 0 amide bonds. The second kappa shape index (κ2) is 13.3. The fraction of sp³-hybridized carbons (Fsp3) is 0.727. The van der Waals surface area contributed by atoms with Crippen LogP contribution in [0.3, 0.4) is 0 Å². The van der Waals surface area contributed by atoms with Crippen molar-refractivity contribution in [1.29, 1.82) is 0 Å². The summed E-state index contributed by atoms with van der Waals surface area (Å²) in [6.45, 7) is 4.46. The lowest BCUT2D eigenvalue weighted by Gasteiger charge is -2.19. The van der Waals surface area contributed by atoms with Crippen LogP contribution < -0.4 is 0 Å². The third-order valence-corrected chi connectivity index (χ3v) is 5.40. The van der Waals surface area contributed by atoms with Gasteiger partial charge in [0.1, 0.15) is 11.5 Å². The van der Waals surface area contributed by atoms with Crippen LogP contribution in [0, 0.1) is 0 Å². The Kier molecular flexibility index (Phi) is 11.8. The fourth-order valence-electron chi connectivity index (χ4n) is 3.52. The minimum absolute atomic E-state index is 0.0749. The van der Waals surface area contributed by atoms with Crippen LogP contribution in [0.4, 0.5) is 0 Å². The van der Waals surface area contributed by atoms with Gasteiger partial charge >= 0.3 is 0 Å². The number of benzene rings is 1. The molecule has 0 fully saturated rings. The molecule has 0 saturated heterocycles. The van der Waals surface area contributed by atoms with E-state index in [9.17, 15) is 10.2 Å². The van der Waals surface area contributed by atoms with Gasteiger partial charge in [0.15, 0.2) is 0 Å². The summed E-state index contributed by atoms with van der Waals surface area (Å²) in [7, 11) is 0. The highest BCUT2D eigenvalue weighted by molar-refractivity contribution is 6.32.